The predicted octanol–water partition coefficient (Wildman–Crippen LogP) is 5.47. The fraction of sp³-hybridized carbons (Fsp3) is 0.571. The summed E-state index contributed by atoms with van der Waals surface area (Å²) in [6.45, 7) is 0. The lowest BCUT2D eigenvalue weighted by atomic mass is 9.92. The maximum Gasteiger partial charge on any atom is 0.124 e. The molecule has 1 aliphatic carbocycles. The molecule has 0 heterocycles. The zero-order valence-electron chi connectivity index (χ0n) is 9.76. The van der Waals surface area contributed by atoms with Gasteiger partial charge in [-0.25, -0.2) is 4.39 Å². The van der Waals surface area contributed by atoms with Gasteiger partial charge in [0.25, 0.3) is 0 Å². The first-order valence-corrected chi connectivity index (χ1v) is 7.94. The third-order valence-electron chi connectivity index (χ3n) is 3.49. The minimum atomic E-state index is -0.167. The van der Waals surface area contributed by atoms with Gasteiger partial charge in [0.2, 0.25) is 0 Å². The Bertz CT molecular complexity index is 378. The zero-order valence-corrected chi connectivity index (χ0v) is 12.9. The SMILES string of the molecule is Fc1ccc(CC2CCCCC(Br)C2)c(Br)c1. The lowest BCUT2D eigenvalue weighted by molar-refractivity contribution is 0.462. The van der Waals surface area contributed by atoms with Crippen molar-refractivity contribution < 1.29 is 4.39 Å². The smallest absolute Gasteiger partial charge is 0.124 e. The molecule has 1 aliphatic rings. The average Bonchev–Trinajstić information content (AvgIpc) is 2.47. The number of benzene rings is 1. The van der Waals surface area contributed by atoms with Gasteiger partial charge in [-0.05, 0) is 42.9 Å². The third kappa shape index (κ3) is 4.06. The first-order valence-electron chi connectivity index (χ1n) is 6.23. The van der Waals surface area contributed by atoms with Crippen LogP contribution in [0.1, 0.15) is 37.7 Å². The van der Waals surface area contributed by atoms with Crippen molar-refractivity contribution in [2.75, 3.05) is 0 Å². The largest absolute Gasteiger partial charge is 0.207 e. The molecular weight excluding hydrogens is 347 g/mol. The Labute approximate surface area is 119 Å². The molecule has 2 atom stereocenters. The second-order valence-electron chi connectivity index (χ2n) is 4.92. The Morgan fingerprint density at radius 3 is 2.76 bits per heavy atom. The molecule has 1 aromatic rings. The molecule has 0 spiro atoms. The molecule has 17 heavy (non-hydrogen) atoms. The molecular formula is C14H17Br2F. The van der Waals surface area contributed by atoms with Crippen LogP contribution >= 0.6 is 31.9 Å². The van der Waals surface area contributed by atoms with E-state index in [4.69, 9.17) is 0 Å². The Morgan fingerprint density at radius 1 is 1.24 bits per heavy atom. The van der Waals surface area contributed by atoms with Crippen LogP contribution in [0.25, 0.3) is 0 Å². The average molecular weight is 364 g/mol. The number of hydrogen-bond acceptors (Lipinski definition) is 0. The quantitative estimate of drug-likeness (QED) is 0.482. The monoisotopic (exact) mass is 362 g/mol. The summed E-state index contributed by atoms with van der Waals surface area (Å²) in [5.74, 6) is 0.559. The standard InChI is InChI=1S/C14H17Br2F/c15-12-4-2-1-3-10(8-12)7-11-5-6-13(17)9-14(11)16/h5-6,9-10,12H,1-4,7-8H2. The van der Waals surface area contributed by atoms with Gasteiger partial charge >= 0.3 is 0 Å². The molecule has 0 bridgehead atoms. The first kappa shape index (κ1) is 13.5. The molecule has 3 heteroatoms. The highest BCUT2D eigenvalue weighted by Gasteiger charge is 2.19. The maximum atomic E-state index is 13.0. The summed E-state index contributed by atoms with van der Waals surface area (Å²) in [5, 5.41) is 0. The van der Waals surface area contributed by atoms with Crippen LogP contribution in [0.5, 0.6) is 0 Å². The van der Waals surface area contributed by atoms with Crippen LogP contribution in [-0.4, -0.2) is 4.83 Å². The molecule has 1 saturated carbocycles. The van der Waals surface area contributed by atoms with Crippen molar-refractivity contribution in [1.29, 1.82) is 0 Å². The number of hydrogen-bond donors (Lipinski definition) is 0. The molecule has 0 saturated heterocycles. The van der Waals surface area contributed by atoms with Gasteiger partial charge in [0.15, 0.2) is 0 Å². The molecule has 0 nitrogen and oxygen atoms in total. The van der Waals surface area contributed by atoms with E-state index < -0.39 is 0 Å². The number of rotatable bonds is 2. The second-order valence-corrected chi connectivity index (χ2v) is 7.07. The molecule has 2 unspecified atom stereocenters. The molecule has 0 aliphatic heterocycles. The van der Waals surface area contributed by atoms with Crippen molar-refractivity contribution in [1.82, 2.24) is 0 Å². The first-order chi connectivity index (χ1) is 8.15. The number of halogens is 3. The summed E-state index contributed by atoms with van der Waals surface area (Å²) in [6, 6.07) is 5.04. The number of alkyl halides is 1. The fourth-order valence-corrected chi connectivity index (χ4v) is 3.94. The Balaban J connectivity index is 2.03. The van der Waals surface area contributed by atoms with Gasteiger partial charge < -0.3 is 0 Å². The lowest BCUT2D eigenvalue weighted by Crippen LogP contribution is -2.08. The van der Waals surface area contributed by atoms with E-state index >= 15 is 0 Å². The van der Waals surface area contributed by atoms with Crippen LogP contribution in [0.3, 0.4) is 0 Å². The van der Waals surface area contributed by atoms with Crippen molar-refractivity contribution in [3.63, 3.8) is 0 Å². The molecule has 2 rings (SSSR count). The summed E-state index contributed by atoms with van der Waals surface area (Å²) in [7, 11) is 0. The summed E-state index contributed by atoms with van der Waals surface area (Å²) < 4.78 is 13.9. The highest BCUT2D eigenvalue weighted by molar-refractivity contribution is 9.10. The van der Waals surface area contributed by atoms with Crippen LogP contribution in [0.15, 0.2) is 22.7 Å². The van der Waals surface area contributed by atoms with E-state index in [-0.39, 0.29) is 5.82 Å². The predicted molar refractivity (Wildman–Crippen MR) is 77.1 cm³/mol. The molecule has 0 amide bonds. The van der Waals surface area contributed by atoms with Gasteiger partial charge in [0, 0.05) is 9.30 Å². The lowest BCUT2D eigenvalue weighted by Gasteiger charge is -2.17. The van der Waals surface area contributed by atoms with Gasteiger partial charge in [-0.1, -0.05) is 57.2 Å². The summed E-state index contributed by atoms with van der Waals surface area (Å²) in [6.07, 6.45) is 7.54. The van der Waals surface area contributed by atoms with E-state index in [1.165, 1.54) is 37.7 Å². The van der Waals surface area contributed by atoms with E-state index in [0.29, 0.717) is 4.83 Å². The van der Waals surface area contributed by atoms with Crippen LogP contribution < -0.4 is 0 Å². The van der Waals surface area contributed by atoms with Gasteiger partial charge in [-0.15, -0.1) is 0 Å². The van der Waals surface area contributed by atoms with E-state index in [2.05, 4.69) is 31.9 Å². The molecule has 1 aromatic carbocycles. The maximum absolute atomic E-state index is 13.0. The molecule has 94 valence electrons. The van der Waals surface area contributed by atoms with Crippen molar-refractivity contribution in [2.24, 2.45) is 5.92 Å². The van der Waals surface area contributed by atoms with Crippen molar-refractivity contribution in [3.8, 4) is 0 Å². The van der Waals surface area contributed by atoms with Gasteiger partial charge in [0.05, 0.1) is 0 Å². The van der Waals surface area contributed by atoms with Crippen LogP contribution in [0.2, 0.25) is 0 Å². The highest BCUT2D eigenvalue weighted by Crippen LogP contribution is 2.31. The van der Waals surface area contributed by atoms with Gasteiger partial charge in [-0.2, -0.15) is 0 Å². The summed E-state index contributed by atoms with van der Waals surface area (Å²) in [5.41, 5.74) is 1.23. The van der Waals surface area contributed by atoms with E-state index in [1.807, 2.05) is 6.07 Å². The topological polar surface area (TPSA) is 0 Å². The fourth-order valence-electron chi connectivity index (χ4n) is 2.58. The summed E-state index contributed by atoms with van der Waals surface area (Å²) in [4.78, 5) is 0.661. The minimum absolute atomic E-state index is 0.167. The molecule has 0 radical (unpaired) electrons. The Morgan fingerprint density at radius 2 is 2.00 bits per heavy atom. The van der Waals surface area contributed by atoms with Crippen molar-refractivity contribution in [2.45, 2.75) is 43.4 Å². The van der Waals surface area contributed by atoms with Crippen molar-refractivity contribution >= 4 is 31.9 Å². The highest BCUT2D eigenvalue weighted by atomic mass is 79.9. The molecule has 0 aromatic heterocycles. The normalized spacial score (nSPS) is 25.6. The van der Waals surface area contributed by atoms with E-state index in [9.17, 15) is 4.39 Å². The van der Waals surface area contributed by atoms with E-state index in [0.717, 1.165) is 16.8 Å². The Kier molecular flexibility index (Phi) is 5.04. The third-order valence-corrected chi connectivity index (χ3v) is 5.06. The van der Waals surface area contributed by atoms with Crippen LogP contribution in [-0.2, 0) is 6.42 Å². The van der Waals surface area contributed by atoms with Gasteiger partial charge in [-0.3, -0.25) is 0 Å². The minimum Gasteiger partial charge on any atom is -0.207 e. The molecule has 0 N–H and O–H groups in total. The van der Waals surface area contributed by atoms with Crippen LogP contribution in [0, 0.1) is 11.7 Å². The Hall–Kier alpha value is 0.110. The molecule has 1 fully saturated rings. The van der Waals surface area contributed by atoms with Crippen molar-refractivity contribution in [3.05, 3.63) is 34.1 Å². The van der Waals surface area contributed by atoms with Crippen LogP contribution in [0.4, 0.5) is 4.39 Å². The van der Waals surface area contributed by atoms with E-state index in [1.54, 1.807) is 12.1 Å². The summed E-state index contributed by atoms with van der Waals surface area (Å²) >= 11 is 7.21. The zero-order chi connectivity index (χ0) is 12.3. The van der Waals surface area contributed by atoms with Gasteiger partial charge in [0.1, 0.15) is 5.82 Å². The second kappa shape index (κ2) is 6.33.